The number of amides is 3. The molecule has 4 rings (SSSR count). The van der Waals surface area contributed by atoms with Crippen molar-refractivity contribution in [3.63, 3.8) is 0 Å². The molecule has 0 bridgehead atoms. The number of fused-ring (bicyclic) bond motifs is 1. The van der Waals surface area contributed by atoms with Crippen LogP contribution in [0.25, 0.3) is 11.3 Å². The van der Waals surface area contributed by atoms with Gasteiger partial charge in [0.2, 0.25) is 11.8 Å². The van der Waals surface area contributed by atoms with Gasteiger partial charge in [0.1, 0.15) is 11.2 Å². The van der Waals surface area contributed by atoms with Crippen LogP contribution in [0.3, 0.4) is 0 Å². The number of benzene rings is 1. The third kappa shape index (κ3) is 5.53. The van der Waals surface area contributed by atoms with Crippen LogP contribution < -0.4 is 20.3 Å². The van der Waals surface area contributed by atoms with Gasteiger partial charge in [-0.1, -0.05) is 12.1 Å². The third-order valence-corrected chi connectivity index (χ3v) is 6.15. The molecule has 2 N–H and O–H groups in total. The molecule has 0 spiro atoms. The monoisotopic (exact) mass is 496 g/mol. The van der Waals surface area contributed by atoms with Gasteiger partial charge in [-0.2, -0.15) is 4.98 Å². The number of rotatable bonds is 5. The molecule has 2 aromatic rings. The highest BCUT2D eigenvalue weighted by Gasteiger charge is 2.38. The molecule has 1 aromatic carbocycles. The lowest BCUT2D eigenvalue weighted by Crippen LogP contribution is -2.46. The number of carbonyl (C=O) groups excluding carboxylic acids is 2. The second kappa shape index (κ2) is 10.3. The number of hydrogen-bond acceptors (Lipinski definition) is 7. The molecule has 36 heavy (non-hydrogen) atoms. The molecule has 10 heteroatoms. The normalized spacial score (nSPS) is 21.3. The first-order chi connectivity index (χ1) is 17.1. The molecular formula is C26H36N6O4. The van der Waals surface area contributed by atoms with Crippen LogP contribution in [-0.2, 0) is 4.74 Å². The van der Waals surface area contributed by atoms with Crippen molar-refractivity contribution in [2.45, 2.75) is 59.4 Å². The van der Waals surface area contributed by atoms with Crippen LogP contribution in [0.4, 0.5) is 16.4 Å². The summed E-state index contributed by atoms with van der Waals surface area (Å²) in [5, 5.41) is 5.51. The van der Waals surface area contributed by atoms with Gasteiger partial charge in [0.25, 0.3) is 5.91 Å². The Kier molecular flexibility index (Phi) is 7.35. The van der Waals surface area contributed by atoms with E-state index >= 15 is 0 Å². The number of urea groups is 1. The smallest absolute Gasteiger partial charge is 0.319 e. The van der Waals surface area contributed by atoms with Crippen molar-refractivity contribution < 1.29 is 19.1 Å². The van der Waals surface area contributed by atoms with Crippen LogP contribution in [-0.4, -0.2) is 77.3 Å². The van der Waals surface area contributed by atoms with E-state index in [2.05, 4.69) is 15.5 Å². The molecule has 1 fully saturated rings. The van der Waals surface area contributed by atoms with E-state index in [-0.39, 0.29) is 30.0 Å². The van der Waals surface area contributed by atoms with Gasteiger partial charge in [0.05, 0.1) is 24.4 Å². The number of nitrogens with one attached hydrogen (secondary N) is 2. The number of nitrogens with zero attached hydrogens (tertiary/aromatic N) is 4. The summed E-state index contributed by atoms with van der Waals surface area (Å²) in [7, 11) is 0. The molecule has 194 valence electrons. The maximum atomic E-state index is 13.7. The Balaban J connectivity index is 1.82. The van der Waals surface area contributed by atoms with Crippen molar-refractivity contribution in [2.24, 2.45) is 0 Å². The summed E-state index contributed by atoms with van der Waals surface area (Å²) >= 11 is 0. The summed E-state index contributed by atoms with van der Waals surface area (Å²) in [6.45, 7) is 14.6. The van der Waals surface area contributed by atoms with Crippen molar-refractivity contribution in [2.75, 3.05) is 42.9 Å². The number of ether oxygens (including phenoxy) is 2. The van der Waals surface area contributed by atoms with E-state index in [4.69, 9.17) is 19.4 Å². The Bertz CT molecular complexity index is 1110. The summed E-state index contributed by atoms with van der Waals surface area (Å²) < 4.78 is 12.3. The highest BCUT2D eigenvalue weighted by Crippen LogP contribution is 2.36. The molecule has 1 saturated heterocycles. The highest BCUT2D eigenvalue weighted by molar-refractivity contribution is 6.03. The zero-order chi connectivity index (χ0) is 26.0. The van der Waals surface area contributed by atoms with Gasteiger partial charge in [-0.3, -0.25) is 4.79 Å². The summed E-state index contributed by atoms with van der Waals surface area (Å²) in [5.41, 5.74) is 1.61. The third-order valence-electron chi connectivity index (χ3n) is 6.15. The minimum atomic E-state index is -0.619. The van der Waals surface area contributed by atoms with Gasteiger partial charge in [-0.15, -0.1) is 0 Å². The quantitative estimate of drug-likeness (QED) is 0.652. The second-order valence-corrected chi connectivity index (χ2v) is 9.96. The minimum Gasteiger partial charge on any atom is -0.469 e. The van der Waals surface area contributed by atoms with Crippen LogP contribution in [0.1, 0.15) is 51.9 Å². The Morgan fingerprint density at radius 2 is 1.78 bits per heavy atom. The fourth-order valence-electron chi connectivity index (χ4n) is 4.67. The predicted octanol–water partition coefficient (Wildman–Crippen LogP) is 3.53. The maximum Gasteiger partial charge on any atom is 0.319 e. The van der Waals surface area contributed by atoms with Gasteiger partial charge in [0, 0.05) is 37.4 Å². The fourth-order valence-corrected chi connectivity index (χ4v) is 4.67. The number of aromatic nitrogens is 2. The van der Waals surface area contributed by atoms with E-state index in [1.54, 1.807) is 17.0 Å². The number of morpholine rings is 1. The Morgan fingerprint density at radius 3 is 2.39 bits per heavy atom. The van der Waals surface area contributed by atoms with Gasteiger partial charge in [-0.05, 0) is 53.7 Å². The summed E-state index contributed by atoms with van der Waals surface area (Å²) in [5.74, 6) is 0.633. The lowest BCUT2D eigenvalue weighted by molar-refractivity contribution is -0.00582. The largest absolute Gasteiger partial charge is 0.469 e. The molecule has 0 saturated carbocycles. The van der Waals surface area contributed by atoms with Gasteiger partial charge < -0.3 is 29.9 Å². The van der Waals surface area contributed by atoms with Crippen molar-refractivity contribution in [1.29, 1.82) is 0 Å². The maximum absolute atomic E-state index is 13.7. The highest BCUT2D eigenvalue weighted by atomic mass is 16.5. The topological polar surface area (TPSA) is 109 Å². The summed E-state index contributed by atoms with van der Waals surface area (Å²) in [6.07, 6.45) is 0.0441. The van der Waals surface area contributed by atoms with Crippen molar-refractivity contribution in [3.8, 4) is 17.1 Å². The molecular weight excluding hydrogens is 460 g/mol. The molecule has 0 aliphatic carbocycles. The zero-order valence-electron chi connectivity index (χ0n) is 21.9. The number of carbonyl (C=O) groups is 2. The number of anilines is 2. The average molecular weight is 497 g/mol. The van der Waals surface area contributed by atoms with Gasteiger partial charge >= 0.3 is 6.03 Å². The lowest BCUT2D eigenvalue weighted by atomic mass is 10.0. The van der Waals surface area contributed by atoms with E-state index < -0.39 is 5.60 Å². The SMILES string of the molecule is CCNC(=O)Nc1ccc(-c2nc(N3CC(C)OC(C)C3)nc3c2C(=O)N(CC)CC(C)(C)O3)cc1. The second-order valence-electron chi connectivity index (χ2n) is 9.96. The van der Waals surface area contributed by atoms with E-state index in [9.17, 15) is 9.59 Å². The first-order valence-electron chi connectivity index (χ1n) is 12.6. The molecule has 2 aliphatic rings. The first kappa shape index (κ1) is 25.7. The predicted molar refractivity (Wildman–Crippen MR) is 139 cm³/mol. The van der Waals surface area contributed by atoms with Crippen LogP contribution >= 0.6 is 0 Å². The van der Waals surface area contributed by atoms with Gasteiger partial charge in [0.15, 0.2) is 0 Å². The molecule has 2 atom stereocenters. The minimum absolute atomic E-state index is 0.0220. The van der Waals surface area contributed by atoms with Crippen LogP contribution in [0.5, 0.6) is 5.88 Å². The van der Waals surface area contributed by atoms with Crippen molar-refractivity contribution in [3.05, 3.63) is 29.8 Å². The first-order valence-corrected chi connectivity index (χ1v) is 12.6. The summed E-state index contributed by atoms with van der Waals surface area (Å²) in [4.78, 5) is 39.1. The molecule has 2 aliphatic heterocycles. The summed E-state index contributed by atoms with van der Waals surface area (Å²) in [6, 6.07) is 7.00. The Morgan fingerprint density at radius 1 is 1.11 bits per heavy atom. The van der Waals surface area contributed by atoms with Crippen molar-refractivity contribution in [1.82, 2.24) is 20.2 Å². The Hall–Kier alpha value is -3.40. The van der Waals surface area contributed by atoms with Crippen molar-refractivity contribution >= 4 is 23.6 Å². The zero-order valence-corrected chi connectivity index (χ0v) is 21.9. The van der Waals surface area contributed by atoms with E-state index in [1.165, 1.54) is 0 Å². The van der Waals surface area contributed by atoms with Crippen LogP contribution in [0.2, 0.25) is 0 Å². The van der Waals surface area contributed by atoms with Crippen LogP contribution in [0, 0.1) is 0 Å². The Labute approximate surface area is 212 Å². The molecule has 0 radical (unpaired) electrons. The fraction of sp³-hybridized carbons (Fsp3) is 0.538. The molecule has 3 heterocycles. The molecule has 10 nitrogen and oxygen atoms in total. The molecule has 1 aromatic heterocycles. The van der Waals surface area contributed by atoms with E-state index in [1.807, 2.05) is 53.7 Å². The average Bonchev–Trinajstić information content (AvgIpc) is 2.91. The number of hydrogen-bond donors (Lipinski definition) is 2. The lowest BCUT2D eigenvalue weighted by Gasteiger charge is -2.35. The van der Waals surface area contributed by atoms with E-state index in [0.717, 1.165) is 5.56 Å². The van der Waals surface area contributed by atoms with Gasteiger partial charge in [-0.25, -0.2) is 9.78 Å². The molecule has 2 unspecified atom stereocenters. The molecule has 3 amide bonds. The van der Waals surface area contributed by atoms with E-state index in [0.29, 0.717) is 55.6 Å². The standard InChI is InChI=1S/C26H36N6O4/c1-7-27-25(34)28-19-11-9-18(10-12-19)21-20-22(36-26(5,6)15-31(8-2)23(20)33)30-24(29-21)32-13-16(3)35-17(4)14-32/h9-12,16-17H,7-8,13-15H2,1-6H3,(H2,27,28,34). The van der Waals surface area contributed by atoms with Crippen LogP contribution in [0.15, 0.2) is 24.3 Å². The number of likely N-dealkylation sites (N-methyl/N-ethyl adjacent to an activating group) is 1.